The Labute approximate surface area is 178 Å². The van der Waals surface area contributed by atoms with Gasteiger partial charge in [0.2, 0.25) is 5.91 Å². The Balaban J connectivity index is 1.40. The number of aliphatic imine (C=N–C) groups is 1. The summed E-state index contributed by atoms with van der Waals surface area (Å²) in [6.45, 7) is 8.25. The number of piperidine rings is 2. The lowest BCUT2D eigenvalue weighted by atomic mass is 9.94. The van der Waals surface area contributed by atoms with Crippen LogP contribution < -0.4 is 11.1 Å². The molecule has 8 heteroatoms. The number of hydrogen-bond acceptors (Lipinski definition) is 5. The van der Waals surface area contributed by atoms with Gasteiger partial charge in [0.15, 0.2) is 5.96 Å². The van der Waals surface area contributed by atoms with Crippen LogP contribution in [0.15, 0.2) is 10.4 Å². The van der Waals surface area contributed by atoms with E-state index in [-0.39, 0.29) is 5.91 Å². The Morgan fingerprint density at radius 3 is 2.76 bits per heavy atom. The summed E-state index contributed by atoms with van der Waals surface area (Å²) in [6.07, 6.45) is 6.09. The Hall–Kier alpha value is -1.67. The standard InChI is InChI=1S/C21H36N6OS/c1-3-20-25-18(15-29-20)14-26-9-6-16(7-10-26)12-24-21(23-2)27-8-4-5-17(13-27)11-19(22)28/h15-17H,3-14H2,1-2H3,(H2,22,28)(H,23,24). The van der Waals surface area contributed by atoms with Crippen molar-refractivity contribution in [2.45, 2.75) is 52.0 Å². The quantitative estimate of drug-likeness (QED) is 0.521. The molecular formula is C21H36N6OS. The molecule has 7 nitrogen and oxygen atoms in total. The van der Waals surface area contributed by atoms with Crippen molar-refractivity contribution in [1.29, 1.82) is 0 Å². The van der Waals surface area contributed by atoms with E-state index in [1.807, 2.05) is 7.05 Å². The van der Waals surface area contributed by atoms with Crippen molar-refractivity contribution in [3.63, 3.8) is 0 Å². The zero-order chi connectivity index (χ0) is 20.6. The van der Waals surface area contributed by atoms with Crippen LogP contribution in [0.5, 0.6) is 0 Å². The van der Waals surface area contributed by atoms with E-state index >= 15 is 0 Å². The van der Waals surface area contributed by atoms with Crippen LogP contribution in [0.1, 0.15) is 49.7 Å². The van der Waals surface area contributed by atoms with E-state index in [9.17, 15) is 4.79 Å². The van der Waals surface area contributed by atoms with Gasteiger partial charge in [-0.05, 0) is 57.0 Å². The number of primary amides is 1. The smallest absolute Gasteiger partial charge is 0.217 e. The Morgan fingerprint density at radius 2 is 2.10 bits per heavy atom. The molecule has 162 valence electrons. The van der Waals surface area contributed by atoms with Crippen molar-refractivity contribution in [1.82, 2.24) is 20.1 Å². The monoisotopic (exact) mass is 420 g/mol. The largest absolute Gasteiger partial charge is 0.370 e. The first kappa shape index (κ1) is 22.0. The zero-order valence-electron chi connectivity index (χ0n) is 17.9. The Morgan fingerprint density at radius 1 is 1.31 bits per heavy atom. The molecule has 2 saturated heterocycles. The topological polar surface area (TPSA) is 86.8 Å². The van der Waals surface area contributed by atoms with Crippen LogP contribution in [-0.4, -0.2) is 66.4 Å². The van der Waals surface area contributed by atoms with Gasteiger partial charge in [-0.25, -0.2) is 4.98 Å². The summed E-state index contributed by atoms with van der Waals surface area (Å²) in [5.41, 5.74) is 6.61. The summed E-state index contributed by atoms with van der Waals surface area (Å²) in [5, 5.41) is 7.03. The first-order valence-electron chi connectivity index (χ1n) is 11.0. The predicted molar refractivity (Wildman–Crippen MR) is 119 cm³/mol. The van der Waals surface area contributed by atoms with E-state index in [2.05, 4.69) is 32.4 Å². The van der Waals surface area contributed by atoms with Crippen LogP contribution in [-0.2, 0) is 17.8 Å². The van der Waals surface area contributed by atoms with Gasteiger partial charge in [-0.1, -0.05) is 6.92 Å². The van der Waals surface area contributed by atoms with Crippen LogP contribution in [0.25, 0.3) is 0 Å². The number of nitrogens with one attached hydrogen (secondary N) is 1. The molecule has 0 spiro atoms. The fraction of sp³-hybridized carbons (Fsp3) is 0.762. The number of likely N-dealkylation sites (tertiary alicyclic amines) is 2. The van der Waals surface area contributed by atoms with E-state index in [0.717, 1.165) is 64.5 Å². The van der Waals surface area contributed by atoms with Gasteiger partial charge in [0.25, 0.3) is 0 Å². The van der Waals surface area contributed by atoms with E-state index in [1.54, 1.807) is 11.3 Å². The number of aromatic nitrogens is 1. The second-order valence-electron chi connectivity index (χ2n) is 8.36. The number of guanidine groups is 1. The zero-order valence-corrected chi connectivity index (χ0v) is 18.7. The number of amides is 1. The van der Waals surface area contributed by atoms with Gasteiger partial charge in [0.05, 0.1) is 10.7 Å². The van der Waals surface area contributed by atoms with Crippen molar-refractivity contribution in [2.24, 2.45) is 22.6 Å². The van der Waals surface area contributed by atoms with Gasteiger partial charge >= 0.3 is 0 Å². The summed E-state index contributed by atoms with van der Waals surface area (Å²) < 4.78 is 0. The SMILES string of the molecule is CCc1nc(CN2CCC(CNC(=NC)N3CCCC(CC(N)=O)C3)CC2)cs1. The van der Waals surface area contributed by atoms with Gasteiger partial charge in [-0.15, -0.1) is 11.3 Å². The van der Waals surface area contributed by atoms with Gasteiger partial charge < -0.3 is 16.0 Å². The second kappa shape index (κ2) is 10.9. The average molecular weight is 421 g/mol. The number of carbonyl (C=O) groups excluding carboxylic acids is 1. The third kappa shape index (κ3) is 6.67. The van der Waals surface area contributed by atoms with Crippen molar-refractivity contribution in [2.75, 3.05) is 39.8 Å². The van der Waals surface area contributed by atoms with Crippen molar-refractivity contribution in [3.05, 3.63) is 16.1 Å². The molecule has 2 aliphatic heterocycles. The van der Waals surface area contributed by atoms with Crippen LogP contribution in [0, 0.1) is 11.8 Å². The molecule has 1 unspecified atom stereocenters. The maximum atomic E-state index is 11.3. The molecule has 0 aromatic carbocycles. The maximum Gasteiger partial charge on any atom is 0.217 e. The Bertz CT molecular complexity index is 682. The lowest BCUT2D eigenvalue weighted by molar-refractivity contribution is -0.119. The van der Waals surface area contributed by atoms with Crippen molar-refractivity contribution >= 4 is 23.2 Å². The fourth-order valence-electron chi connectivity index (χ4n) is 4.44. The molecule has 3 rings (SSSR count). The number of thiazole rings is 1. The van der Waals surface area contributed by atoms with Gasteiger partial charge in [0.1, 0.15) is 0 Å². The summed E-state index contributed by atoms with van der Waals surface area (Å²) in [6, 6.07) is 0. The number of aryl methyl sites for hydroxylation is 1. The minimum Gasteiger partial charge on any atom is -0.370 e. The van der Waals surface area contributed by atoms with Gasteiger partial charge in [-0.2, -0.15) is 0 Å². The summed E-state index contributed by atoms with van der Waals surface area (Å²) >= 11 is 1.78. The molecule has 1 amide bonds. The third-order valence-electron chi connectivity index (χ3n) is 6.06. The third-order valence-corrected chi connectivity index (χ3v) is 7.11. The highest BCUT2D eigenvalue weighted by Gasteiger charge is 2.25. The molecule has 1 atom stereocenters. The summed E-state index contributed by atoms with van der Waals surface area (Å²) in [7, 11) is 1.85. The molecule has 2 aliphatic rings. The minimum atomic E-state index is -0.199. The number of hydrogen-bond donors (Lipinski definition) is 2. The molecule has 0 bridgehead atoms. The number of rotatable bonds is 7. The molecule has 0 radical (unpaired) electrons. The van der Waals surface area contributed by atoms with E-state index in [0.29, 0.717) is 18.3 Å². The van der Waals surface area contributed by atoms with E-state index in [1.165, 1.54) is 23.5 Å². The van der Waals surface area contributed by atoms with Gasteiger partial charge in [-0.3, -0.25) is 14.7 Å². The molecule has 3 N–H and O–H groups in total. The van der Waals surface area contributed by atoms with Crippen molar-refractivity contribution < 1.29 is 4.79 Å². The number of nitrogens with two attached hydrogens (primary N) is 1. The predicted octanol–water partition coefficient (Wildman–Crippen LogP) is 2.08. The van der Waals surface area contributed by atoms with Crippen LogP contribution in [0.3, 0.4) is 0 Å². The molecule has 1 aromatic heterocycles. The van der Waals surface area contributed by atoms with Crippen LogP contribution >= 0.6 is 11.3 Å². The summed E-state index contributed by atoms with van der Waals surface area (Å²) in [5.74, 6) is 1.80. The molecule has 2 fully saturated rings. The molecule has 1 aromatic rings. The maximum absolute atomic E-state index is 11.3. The highest BCUT2D eigenvalue weighted by atomic mass is 32.1. The molecule has 29 heavy (non-hydrogen) atoms. The summed E-state index contributed by atoms with van der Waals surface area (Å²) in [4.78, 5) is 25.3. The first-order valence-corrected chi connectivity index (χ1v) is 11.8. The van der Waals surface area contributed by atoms with E-state index < -0.39 is 0 Å². The molecule has 3 heterocycles. The van der Waals surface area contributed by atoms with Crippen molar-refractivity contribution in [3.8, 4) is 0 Å². The molecule has 0 aliphatic carbocycles. The van der Waals surface area contributed by atoms with Crippen LogP contribution in [0.4, 0.5) is 0 Å². The minimum absolute atomic E-state index is 0.199. The Kier molecular flexibility index (Phi) is 8.29. The van der Waals surface area contributed by atoms with Gasteiger partial charge in [0, 0.05) is 45.0 Å². The normalized spacial score (nSPS) is 22.1. The number of nitrogens with zero attached hydrogens (tertiary/aromatic N) is 4. The average Bonchev–Trinajstić information content (AvgIpc) is 3.17. The molecule has 0 saturated carbocycles. The van der Waals surface area contributed by atoms with Crippen LogP contribution in [0.2, 0.25) is 0 Å². The fourth-order valence-corrected chi connectivity index (χ4v) is 5.17. The lowest BCUT2D eigenvalue weighted by Gasteiger charge is -2.36. The van der Waals surface area contributed by atoms with E-state index in [4.69, 9.17) is 10.7 Å². The number of carbonyl (C=O) groups is 1. The highest BCUT2D eigenvalue weighted by molar-refractivity contribution is 7.09. The second-order valence-corrected chi connectivity index (χ2v) is 9.30. The molecular weight excluding hydrogens is 384 g/mol. The first-order chi connectivity index (χ1) is 14.1. The lowest BCUT2D eigenvalue weighted by Crippen LogP contribution is -2.48. The highest BCUT2D eigenvalue weighted by Crippen LogP contribution is 2.21.